The minimum Gasteiger partial charge on any atom is -0.475 e. The summed E-state index contributed by atoms with van der Waals surface area (Å²) in [5.74, 6) is -2.17. The topological polar surface area (TPSA) is 109 Å². The zero-order valence-electron chi connectivity index (χ0n) is 16.2. The van der Waals surface area contributed by atoms with E-state index in [-0.39, 0.29) is 11.9 Å². The summed E-state index contributed by atoms with van der Waals surface area (Å²) in [7, 11) is 0. The van der Waals surface area contributed by atoms with Gasteiger partial charge in [-0.15, -0.1) is 11.3 Å². The van der Waals surface area contributed by atoms with Crippen molar-refractivity contribution in [2.75, 3.05) is 18.4 Å². The first-order valence-corrected chi connectivity index (χ1v) is 10.1. The number of piperidine rings is 1. The second-order valence-electron chi connectivity index (χ2n) is 6.88. The van der Waals surface area contributed by atoms with E-state index >= 15 is 0 Å². The normalized spacial score (nSPS) is 18.9. The Morgan fingerprint density at radius 1 is 1.37 bits per heavy atom. The van der Waals surface area contributed by atoms with Crippen molar-refractivity contribution in [1.82, 2.24) is 9.88 Å². The highest BCUT2D eigenvalue weighted by Crippen LogP contribution is 2.25. The largest absolute Gasteiger partial charge is 0.490 e. The number of rotatable bonds is 4. The molecular formula is C19H23F3N4O3S. The molecule has 0 aliphatic carbocycles. The number of carbonyl (C=O) groups excluding carboxylic acids is 1. The molecule has 2 unspecified atom stereocenters. The van der Waals surface area contributed by atoms with Gasteiger partial charge in [-0.1, -0.05) is 13.0 Å². The third-order valence-electron chi connectivity index (χ3n) is 4.51. The van der Waals surface area contributed by atoms with E-state index in [1.165, 1.54) is 11.3 Å². The molecule has 0 saturated carbocycles. The number of carbonyl (C=O) groups is 2. The number of nitrogens with two attached hydrogens (primary N) is 1. The molecule has 1 aromatic heterocycles. The Morgan fingerprint density at radius 2 is 2.07 bits per heavy atom. The summed E-state index contributed by atoms with van der Waals surface area (Å²) < 4.78 is 31.7. The van der Waals surface area contributed by atoms with Gasteiger partial charge < -0.3 is 21.1 Å². The molecule has 1 saturated heterocycles. The molecule has 1 aromatic carbocycles. The quantitative estimate of drug-likeness (QED) is 0.663. The van der Waals surface area contributed by atoms with Gasteiger partial charge in [0.2, 0.25) is 0 Å². The number of carboxylic acids is 1. The van der Waals surface area contributed by atoms with Gasteiger partial charge in [0.25, 0.3) is 5.91 Å². The Bertz CT molecular complexity index is 846. The number of likely N-dealkylation sites (tertiary alicyclic amines) is 1. The lowest BCUT2D eigenvalue weighted by atomic mass is 9.93. The average Bonchev–Trinajstić information content (AvgIpc) is 3.20. The smallest absolute Gasteiger partial charge is 0.475 e. The summed E-state index contributed by atoms with van der Waals surface area (Å²) in [6, 6.07) is 7.73. The van der Waals surface area contributed by atoms with Gasteiger partial charge >= 0.3 is 12.1 Å². The van der Waals surface area contributed by atoms with Crippen molar-refractivity contribution in [3.63, 3.8) is 0 Å². The minimum atomic E-state index is -5.08. The first-order valence-electron chi connectivity index (χ1n) is 9.19. The van der Waals surface area contributed by atoms with Gasteiger partial charge in [-0.3, -0.25) is 4.79 Å². The van der Waals surface area contributed by atoms with Gasteiger partial charge in [0.15, 0.2) is 5.13 Å². The van der Waals surface area contributed by atoms with Gasteiger partial charge in [-0.25, -0.2) is 9.78 Å². The number of aliphatic carboxylic acids is 1. The lowest BCUT2D eigenvalue weighted by molar-refractivity contribution is -0.192. The fraction of sp³-hybridized carbons (Fsp3) is 0.421. The number of nitrogens with zero attached hydrogens (tertiary/aromatic N) is 2. The van der Waals surface area contributed by atoms with Crippen LogP contribution in [0.2, 0.25) is 0 Å². The predicted octanol–water partition coefficient (Wildman–Crippen LogP) is 3.72. The highest BCUT2D eigenvalue weighted by molar-refractivity contribution is 7.13. The maximum Gasteiger partial charge on any atom is 0.490 e. The van der Waals surface area contributed by atoms with E-state index in [2.05, 4.69) is 17.2 Å². The van der Waals surface area contributed by atoms with Crippen molar-refractivity contribution in [2.45, 2.75) is 32.0 Å². The maximum atomic E-state index is 12.9. The van der Waals surface area contributed by atoms with Crippen molar-refractivity contribution >= 4 is 34.0 Å². The number of aromatic nitrogens is 1. The fourth-order valence-corrected chi connectivity index (χ4v) is 3.56. The number of alkyl halides is 3. The van der Waals surface area contributed by atoms with Crippen molar-refractivity contribution < 1.29 is 27.9 Å². The zero-order chi connectivity index (χ0) is 22.3. The SMILES string of the molecule is CC1CCC(CN)N(C(=O)c2cccc(Nc3nccs3)c2)C1.O=C(O)C(F)(F)F. The first kappa shape index (κ1) is 23.6. The molecular weight excluding hydrogens is 421 g/mol. The molecule has 2 aromatic rings. The number of nitrogens with one attached hydrogen (secondary N) is 1. The van der Waals surface area contributed by atoms with Crippen LogP contribution in [-0.4, -0.2) is 52.2 Å². The molecule has 3 rings (SSSR count). The van der Waals surface area contributed by atoms with Gasteiger partial charge in [0.05, 0.1) is 0 Å². The summed E-state index contributed by atoms with van der Waals surface area (Å²) in [4.78, 5) is 27.9. The second kappa shape index (κ2) is 10.4. The second-order valence-corrected chi connectivity index (χ2v) is 7.77. The van der Waals surface area contributed by atoms with E-state index in [1.54, 1.807) is 6.20 Å². The zero-order valence-corrected chi connectivity index (χ0v) is 17.0. The Hall–Kier alpha value is -2.66. The molecule has 1 amide bonds. The van der Waals surface area contributed by atoms with Crippen LogP contribution in [0.1, 0.15) is 30.1 Å². The number of thiazole rings is 1. The standard InChI is InChI=1S/C17H22N4OS.C2HF3O2/c1-12-5-6-15(10-18)21(11-12)16(22)13-3-2-4-14(9-13)20-17-19-7-8-23-17;3-2(4,5)1(6)7/h2-4,7-9,12,15H,5-6,10-11,18H2,1H3,(H,19,20);(H,6,7). The molecule has 4 N–H and O–H groups in total. The van der Waals surface area contributed by atoms with Crippen LogP contribution >= 0.6 is 11.3 Å². The number of hydrogen-bond donors (Lipinski definition) is 3. The van der Waals surface area contributed by atoms with Gasteiger partial charge in [-0.2, -0.15) is 13.2 Å². The lowest BCUT2D eigenvalue weighted by Crippen LogP contribution is -2.49. The van der Waals surface area contributed by atoms with Crippen LogP contribution in [0.4, 0.5) is 24.0 Å². The molecule has 1 fully saturated rings. The summed E-state index contributed by atoms with van der Waals surface area (Å²) >= 11 is 1.53. The molecule has 30 heavy (non-hydrogen) atoms. The maximum absolute atomic E-state index is 12.9. The molecule has 2 atom stereocenters. The van der Waals surface area contributed by atoms with Crippen molar-refractivity contribution in [3.8, 4) is 0 Å². The number of benzene rings is 1. The van der Waals surface area contributed by atoms with Crippen LogP contribution in [0.15, 0.2) is 35.8 Å². The fourth-order valence-electron chi connectivity index (χ4n) is 3.01. The number of anilines is 2. The Labute approximate surface area is 175 Å². The summed E-state index contributed by atoms with van der Waals surface area (Å²) in [6.07, 6.45) is -1.21. The van der Waals surface area contributed by atoms with Crippen LogP contribution in [0.3, 0.4) is 0 Å². The molecule has 11 heteroatoms. The molecule has 7 nitrogen and oxygen atoms in total. The van der Waals surface area contributed by atoms with Crippen molar-refractivity contribution in [2.24, 2.45) is 11.7 Å². The molecule has 0 spiro atoms. The Balaban J connectivity index is 0.000000396. The van der Waals surface area contributed by atoms with Crippen LogP contribution in [0.5, 0.6) is 0 Å². The van der Waals surface area contributed by atoms with Crippen LogP contribution < -0.4 is 11.1 Å². The molecule has 2 heterocycles. The molecule has 164 valence electrons. The van der Waals surface area contributed by atoms with Crippen molar-refractivity contribution in [1.29, 1.82) is 0 Å². The third-order valence-corrected chi connectivity index (χ3v) is 5.20. The average molecular weight is 444 g/mol. The van der Waals surface area contributed by atoms with Crippen LogP contribution in [0.25, 0.3) is 0 Å². The van der Waals surface area contributed by atoms with E-state index in [4.69, 9.17) is 15.6 Å². The predicted molar refractivity (Wildman–Crippen MR) is 108 cm³/mol. The van der Waals surface area contributed by atoms with E-state index in [0.717, 1.165) is 30.2 Å². The van der Waals surface area contributed by atoms with E-state index in [0.29, 0.717) is 18.0 Å². The van der Waals surface area contributed by atoms with E-state index in [1.807, 2.05) is 34.5 Å². The van der Waals surface area contributed by atoms with Crippen LogP contribution in [-0.2, 0) is 4.79 Å². The Morgan fingerprint density at radius 3 is 2.63 bits per heavy atom. The van der Waals surface area contributed by atoms with Crippen LogP contribution in [0, 0.1) is 5.92 Å². The minimum absolute atomic E-state index is 0.0646. The molecule has 1 aliphatic rings. The van der Waals surface area contributed by atoms with Gasteiger partial charge in [-0.05, 0) is 37.0 Å². The number of carboxylic acid groups (broad SMARTS) is 1. The highest BCUT2D eigenvalue weighted by atomic mass is 32.1. The molecule has 0 radical (unpaired) electrons. The molecule has 0 bridgehead atoms. The summed E-state index contributed by atoms with van der Waals surface area (Å²) in [5.41, 5.74) is 7.43. The number of halogens is 3. The summed E-state index contributed by atoms with van der Waals surface area (Å²) in [5, 5.41) is 13.1. The van der Waals surface area contributed by atoms with E-state index < -0.39 is 12.1 Å². The van der Waals surface area contributed by atoms with E-state index in [9.17, 15) is 18.0 Å². The molecule has 1 aliphatic heterocycles. The number of amides is 1. The van der Waals surface area contributed by atoms with Gasteiger partial charge in [0, 0.05) is 42.0 Å². The van der Waals surface area contributed by atoms with Crippen molar-refractivity contribution in [3.05, 3.63) is 41.4 Å². The Kier molecular flexibility index (Phi) is 8.18. The third kappa shape index (κ3) is 6.70. The highest BCUT2D eigenvalue weighted by Gasteiger charge is 2.38. The number of hydrogen-bond acceptors (Lipinski definition) is 6. The monoisotopic (exact) mass is 444 g/mol. The lowest BCUT2D eigenvalue weighted by Gasteiger charge is -2.38. The van der Waals surface area contributed by atoms with Gasteiger partial charge in [0.1, 0.15) is 0 Å². The first-order chi connectivity index (χ1) is 14.1. The summed E-state index contributed by atoms with van der Waals surface area (Å²) in [6.45, 7) is 3.49.